The number of Topliss-reactive ketones (excluding diaryl/α,β-unsaturated/α-hetero) is 1. The molecule has 0 saturated carbocycles. The van der Waals surface area contributed by atoms with E-state index in [2.05, 4.69) is 36.1 Å². The molecule has 1 saturated heterocycles. The van der Waals surface area contributed by atoms with Crippen LogP contribution in [0.5, 0.6) is 5.75 Å². The summed E-state index contributed by atoms with van der Waals surface area (Å²) >= 11 is 0. The summed E-state index contributed by atoms with van der Waals surface area (Å²) in [5.41, 5.74) is 3.81. The molecule has 0 radical (unpaired) electrons. The Bertz CT molecular complexity index is 1150. The van der Waals surface area contributed by atoms with E-state index >= 15 is 0 Å². The van der Waals surface area contributed by atoms with Crippen LogP contribution >= 0.6 is 0 Å². The summed E-state index contributed by atoms with van der Waals surface area (Å²) < 4.78 is 21.1. The highest BCUT2D eigenvalue weighted by Gasteiger charge is 2.20. The summed E-state index contributed by atoms with van der Waals surface area (Å²) in [4.78, 5) is 20.1. The van der Waals surface area contributed by atoms with E-state index in [1.165, 1.54) is 38.1 Å². The van der Waals surface area contributed by atoms with Crippen molar-refractivity contribution in [1.82, 2.24) is 14.5 Å². The van der Waals surface area contributed by atoms with E-state index in [1.54, 1.807) is 12.1 Å². The molecule has 1 aliphatic heterocycles. The summed E-state index contributed by atoms with van der Waals surface area (Å²) in [7, 11) is 1.44. The van der Waals surface area contributed by atoms with Crippen molar-refractivity contribution in [3.8, 4) is 28.4 Å². The van der Waals surface area contributed by atoms with E-state index in [0.29, 0.717) is 23.9 Å². The number of rotatable bonds is 10. The van der Waals surface area contributed by atoms with Crippen LogP contribution in [-0.4, -0.2) is 46.5 Å². The van der Waals surface area contributed by atoms with Crippen LogP contribution in [0, 0.1) is 11.7 Å². The van der Waals surface area contributed by atoms with Crippen molar-refractivity contribution in [3.63, 3.8) is 0 Å². The smallest absolute Gasteiger partial charge is 0.165 e. The largest absolute Gasteiger partial charge is 0.494 e. The van der Waals surface area contributed by atoms with Gasteiger partial charge in [0.2, 0.25) is 0 Å². The van der Waals surface area contributed by atoms with E-state index in [9.17, 15) is 9.18 Å². The maximum atomic E-state index is 14.0. The van der Waals surface area contributed by atoms with Gasteiger partial charge in [-0.25, -0.2) is 9.37 Å². The zero-order valence-corrected chi connectivity index (χ0v) is 21.3. The summed E-state index contributed by atoms with van der Waals surface area (Å²) in [5.74, 6) is 0.789. The minimum Gasteiger partial charge on any atom is -0.494 e. The number of carbonyl (C=O) groups excluding carboxylic acids is 1. The van der Waals surface area contributed by atoms with Gasteiger partial charge in [-0.3, -0.25) is 4.79 Å². The second-order valence-electron chi connectivity index (χ2n) is 10.0. The molecular weight excluding hydrogens is 441 g/mol. The number of methoxy groups -OCH3 is 1. The number of hydrogen-bond donors (Lipinski definition) is 0. The van der Waals surface area contributed by atoms with Crippen LogP contribution in [-0.2, 0) is 17.8 Å². The van der Waals surface area contributed by atoms with Gasteiger partial charge in [0.25, 0.3) is 0 Å². The number of ketones is 1. The molecule has 2 heterocycles. The van der Waals surface area contributed by atoms with Gasteiger partial charge >= 0.3 is 0 Å². The third-order valence-electron chi connectivity index (χ3n) is 6.80. The van der Waals surface area contributed by atoms with E-state index in [4.69, 9.17) is 9.72 Å². The van der Waals surface area contributed by atoms with Gasteiger partial charge in [0.1, 0.15) is 5.82 Å². The molecule has 5 nitrogen and oxygen atoms in total. The molecule has 1 fully saturated rings. The third-order valence-corrected chi connectivity index (χ3v) is 6.80. The summed E-state index contributed by atoms with van der Waals surface area (Å²) in [6.07, 6.45) is 6.05. The normalized spacial score (nSPS) is 16.2. The molecule has 3 aromatic rings. The summed E-state index contributed by atoms with van der Waals surface area (Å²) in [6, 6.07) is 13.9. The fourth-order valence-corrected chi connectivity index (χ4v) is 4.85. The summed E-state index contributed by atoms with van der Waals surface area (Å²) in [6.45, 7) is 8.90. The van der Waals surface area contributed by atoms with Crippen LogP contribution in [0.25, 0.3) is 22.6 Å². The highest BCUT2D eigenvalue weighted by Crippen LogP contribution is 2.29. The molecule has 6 heteroatoms. The molecule has 0 unspecified atom stereocenters. The molecule has 0 N–H and O–H groups in total. The highest BCUT2D eigenvalue weighted by molar-refractivity contribution is 5.79. The van der Waals surface area contributed by atoms with Crippen LogP contribution in [0.1, 0.15) is 45.6 Å². The van der Waals surface area contributed by atoms with Gasteiger partial charge in [0.15, 0.2) is 17.3 Å². The van der Waals surface area contributed by atoms with E-state index in [1.807, 2.05) is 24.6 Å². The van der Waals surface area contributed by atoms with Crippen LogP contribution in [0.15, 0.2) is 48.7 Å². The first-order valence-electron chi connectivity index (χ1n) is 12.6. The fraction of sp³-hybridized carbons (Fsp3) is 0.448. The zero-order valence-electron chi connectivity index (χ0n) is 21.3. The molecule has 1 aliphatic rings. The van der Waals surface area contributed by atoms with Crippen LogP contribution < -0.4 is 4.74 Å². The zero-order chi connectivity index (χ0) is 24.9. The van der Waals surface area contributed by atoms with Crippen LogP contribution in [0.2, 0.25) is 0 Å². The molecule has 1 atom stereocenters. The van der Waals surface area contributed by atoms with Gasteiger partial charge in [-0.15, -0.1) is 0 Å². The number of ether oxygens (including phenoxy) is 1. The Morgan fingerprint density at radius 3 is 2.57 bits per heavy atom. The van der Waals surface area contributed by atoms with E-state index in [-0.39, 0.29) is 24.0 Å². The molecule has 35 heavy (non-hydrogen) atoms. The number of likely N-dealkylation sites (tertiary alicyclic amines) is 1. The Hall–Kier alpha value is -2.99. The Kier molecular flexibility index (Phi) is 8.01. The average molecular weight is 478 g/mol. The average Bonchev–Trinajstić information content (AvgIpc) is 3.44. The minimum atomic E-state index is -0.427. The Labute approximate surface area is 207 Å². The number of aromatic nitrogens is 2. The summed E-state index contributed by atoms with van der Waals surface area (Å²) in [5, 5.41) is 0. The van der Waals surface area contributed by atoms with Crippen molar-refractivity contribution in [2.75, 3.05) is 20.2 Å². The molecule has 186 valence electrons. The topological polar surface area (TPSA) is 47.4 Å². The highest BCUT2D eigenvalue weighted by atomic mass is 19.1. The second-order valence-corrected chi connectivity index (χ2v) is 10.0. The first-order chi connectivity index (χ1) is 16.8. The molecule has 4 rings (SSSR count). The predicted molar refractivity (Wildman–Crippen MR) is 138 cm³/mol. The SMILES string of the molecule is COc1cc(-c2nc(-c3ccc(CCN4CCC[C@H]4C)cc3)cn2CC(=O)CC(C)C)ccc1F. The monoisotopic (exact) mass is 477 g/mol. The molecule has 0 bridgehead atoms. The Morgan fingerprint density at radius 2 is 1.91 bits per heavy atom. The third kappa shape index (κ3) is 6.17. The maximum absolute atomic E-state index is 14.0. The van der Waals surface area contributed by atoms with Gasteiger partial charge in [0, 0.05) is 36.3 Å². The van der Waals surface area contributed by atoms with Crippen molar-refractivity contribution in [1.29, 1.82) is 0 Å². The van der Waals surface area contributed by atoms with Gasteiger partial charge in [-0.05, 0) is 62.4 Å². The lowest BCUT2D eigenvalue weighted by molar-refractivity contribution is -0.120. The lowest BCUT2D eigenvalue weighted by atomic mass is 10.1. The van der Waals surface area contributed by atoms with Crippen molar-refractivity contribution < 1.29 is 13.9 Å². The van der Waals surface area contributed by atoms with E-state index in [0.717, 1.165) is 24.2 Å². The van der Waals surface area contributed by atoms with E-state index < -0.39 is 5.82 Å². The molecule has 0 spiro atoms. The number of imidazole rings is 1. The fourth-order valence-electron chi connectivity index (χ4n) is 4.85. The minimum absolute atomic E-state index is 0.144. The number of nitrogens with zero attached hydrogens (tertiary/aromatic N) is 3. The molecule has 0 amide bonds. The predicted octanol–water partition coefficient (Wildman–Crippen LogP) is 6.01. The van der Waals surface area contributed by atoms with Crippen molar-refractivity contribution >= 4 is 5.78 Å². The lowest BCUT2D eigenvalue weighted by Gasteiger charge is -2.20. The first-order valence-corrected chi connectivity index (χ1v) is 12.6. The molecule has 1 aromatic heterocycles. The van der Waals surface area contributed by atoms with Gasteiger partial charge in [0.05, 0.1) is 19.3 Å². The first kappa shape index (κ1) is 25.1. The molecule has 0 aliphatic carbocycles. The maximum Gasteiger partial charge on any atom is 0.165 e. The number of hydrogen-bond acceptors (Lipinski definition) is 4. The quantitative estimate of drug-likeness (QED) is 0.359. The van der Waals surface area contributed by atoms with Gasteiger partial charge < -0.3 is 14.2 Å². The van der Waals surface area contributed by atoms with Crippen LogP contribution in [0.3, 0.4) is 0 Å². The van der Waals surface area contributed by atoms with Gasteiger partial charge in [-0.1, -0.05) is 38.1 Å². The standard InChI is InChI=1S/C29H36FN3O2/c1-20(2)16-25(34)18-33-19-27(31-29(33)24-11-12-26(30)28(17-24)35-4)23-9-7-22(8-10-23)13-15-32-14-5-6-21(32)3/h7-12,17,19-21H,5-6,13-16,18H2,1-4H3/t21-/m1/s1. The van der Waals surface area contributed by atoms with Crippen molar-refractivity contribution in [2.45, 2.75) is 59.0 Å². The Morgan fingerprint density at radius 1 is 1.17 bits per heavy atom. The number of carbonyl (C=O) groups is 1. The van der Waals surface area contributed by atoms with Crippen LogP contribution in [0.4, 0.5) is 4.39 Å². The van der Waals surface area contributed by atoms with Crippen molar-refractivity contribution in [2.24, 2.45) is 5.92 Å². The van der Waals surface area contributed by atoms with Crippen molar-refractivity contribution in [3.05, 3.63) is 60.0 Å². The molecule has 2 aromatic carbocycles. The second kappa shape index (κ2) is 11.2. The number of halogens is 1. The molecular formula is C29H36FN3O2. The lowest BCUT2D eigenvalue weighted by Crippen LogP contribution is -2.28. The van der Waals surface area contributed by atoms with Gasteiger partial charge in [-0.2, -0.15) is 0 Å². The Balaban J connectivity index is 1.58. The number of benzene rings is 2.